The molecule has 666 valence electrons. The summed E-state index contributed by atoms with van der Waals surface area (Å²) in [6.07, 6.45) is 16.0. The van der Waals surface area contributed by atoms with Crippen LogP contribution < -0.4 is 23.7 Å². The summed E-state index contributed by atoms with van der Waals surface area (Å²) in [6, 6.07) is 67.7. The number of carbonyl (C=O) groups excluding carboxylic acids is 3. The zero-order valence-electron chi connectivity index (χ0n) is 72.6. The lowest BCUT2D eigenvalue weighted by molar-refractivity contribution is 0.0924. The Balaban J connectivity index is 0.000000117. The van der Waals surface area contributed by atoms with E-state index in [-0.39, 0.29) is 64.4 Å². The number of benzene rings is 7. The molecule has 10 fully saturated rings. The molecule has 8 heterocycles. The van der Waals surface area contributed by atoms with E-state index in [1.807, 2.05) is 129 Å². The molecule has 7 aromatic carbocycles. The second-order valence-electron chi connectivity index (χ2n) is 36.8. The number of β-amino-alcohol motifs (C(OH)–C–C–N with tert-alkyl or cyclic N) is 2. The van der Waals surface area contributed by atoms with E-state index in [4.69, 9.17) is 23.7 Å². The van der Waals surface area contributed by atoms with Crippen molar-refractivity contribution in [1.82, 2.24) is 39.5 Å². The number of aliphatic hydroxyl groups excluding tert-OH is 2. The van der Waals surface area contributed by atoms with Crippen LogP contribution in [0, 0.1) is 73.0 Å². The molecule has 5 saturated heterocycles. The monoisotopic (exact) mass is 1720 g/mol. The van der Waals surface area contributed by atoms with Gasteiger partial charge in [0.15, 0.2) is 17.3 Å². The van der Waals surface area contributed by atoms with Gasteiger partial charge in [0.2, 0.25) is 0 Å². The molecule has 7 unspecified atom stereocenters. The van der Waals surface area contributed by atoms with E-state index < -0.39 is 12.2 Å². The second kappa shape index (κ2) is 42.1. The van der Waals surface area contributed by atoms with Crippen LogP contribution in [0.3, 0.4) is 0 Å². The maximum atomic E-state index is 12.4. The highest BCUT2D eigenvalue weighted by Crippen LogP contribution is 2.46. The van der Waals surface area contributed by atoms with E-state index in [2.05, 4.69) is 39.5 Å². The first-order valence-corrected chi connectivity index (χ1v) is 45.4. The van der Waals surface area contributed by atoms with Crippen LogP contribution in [0.15, 0.2) is 243 Å². The van der Waals surface area contributed by atoms with Gasteiger partial charge in [0, 0.05) is 102 Å². The minimum Gasteiger partial charge on any atom is -0.508 e. The van der Waals surface area contributed by atoms with Crippen molar-refractivity contribution >= 4 is 17.3 Å². The lowest BCUT2D eigenvalue weighted by Gasteiger charge is -2.22. The molecule has 7 N–H and O–H groups in total. The summed E-state index contributed by atoms with van der Waals surface area (Å²) in [5.74, 6) is 12.1. The van der Waals surface area contributed by atoms with Crippen molar-refractivity contribution in [3.63, 3.8) is 0 Å². The number of fused-ring (bicyclic) bond motifs is 5. The van der Waals surface area contributed by atoms with Gasteiger partial charge in [-0.3, -0.25) is 48.9 Å². The topological polar surface area (TPSA) is 294 Å². The summed E-state index contributed by atoms with van der Waals surface area (Å²) in [5.41, 5.74) is 5.34. The molecule has 3 aromatic heterocycles. The third-order valence-corrected chi connectivity index (χ3v) is 27.5. The summed E-state index contributed by atoms with van der Waals surface area (Å²) in [4.78, 5) is 61.2. The largest absolute Gasteiger partial charge is 0.508 e. The van der Waals surface area contributed by atoms with Crippen molar-refractivity contribution in [3.8, 4) is 57.5 Å². The molecule has 0 bridgehead atoms. The van der Waals surface area contributed by atoms with Gasteiger partial charge in [-0.1, -0.05) is 78.9 Å². The summed E-state index contributed by atoms with van der Waals surface area (Å²) in [7, 11) is 0. The lowest BCUT2D eigenvalue weighted by atomic mass is 10.0. The van der Waals surface area contributed by atoms with Gasteiger partial charge in [-0.25, -0.2) is 4.98 Å². The number of hydrogen-bond donors (Lipinski definition) is 7. The normalized spacial score (nSPS) is 26.1. The zero-order valence-corrected chi connectivity index (χ0v) is 72.6. The van der Waals surface area contributed by atoms with Gasteiger partial charge in [-0.15, -0.1) is 0 Å². The first-order chi connectivity index (χ1) is 61.7. The van der Waals surface area contributed by atoms with Crippen molar-refractivity contribution in [2.45, 2.75) is 121 Å². The smallest absolute Gasteiger partial charge is 0.195 e. The average Bonchev–Trinajstić information content (AvgIpc) is 1.59. The van der Waals surface area contributed by atoms with Crippen LogP contribution in [0.2, 0.25) is 0 Å². The average molecular weight is 1720 g/mol. The van der Waals surface area contributed by atoms with E-state index in [9.17, 15) is 50.1 Å². The van der Waals surface area contributed by atoms with Crippen molar-refractivity contribution in [1.29, 1.82) is 0 Å². The molecular formula is C104H120N8O15. The number of Topliss-reactive ketones (excluding diaryl/α,β-unsaturated/α-hetero) is 3. The Kier molecular flexibility index (Phi) is 29.5. The Bertz CT molecular complexity index is 4990. The second-order valence-corrected chi connectivity index (χ2v) is 36.8. The van der Waals surface area contributed by atoms with E-state index >= 15 is 0 Å². The fourth-order valence-electron chi connectivity index (χ4n) is 21.3. The Morgan fingerprint density at radius 1 is 0.307 bits per heavy atom. The van der Waals surface area contributed by atoms with Crippen LogP contribution in [0.1, 0.15) is 130 Å². The Labute approximate surface area is 744 Å². The minimum absolute atomic E-state index is 0.0112. The molecule has 23 heteroatoms. The Morgan fingerprint density at radius 2 is 0.575 bits per heavy atom. The fourth-order valence-corrected chi connectivity index (χ4v) is 21.3. The molecule has 5 saturated carbocycles. The summed E-state index contributed by atoms with van der Waals surface area (Å²) >= 11 is 0. The number of aromatic hydroxyl groups is 5. The molecule has 17 atom stereocenters. The highest BCUT2D eigenvalue weighted by Gasteiger charge is 2.47. The third-order valence-electron chi connectivity index (χ3n) is 27.5. The van der Waals surface area contributed by atoms with Gasteiger partial charge in [0.25, 0.3) is 0 Å². The molecule has 0 radical (unpaired) electrons. The number of ketones is 3. The number of para-hydroxylation sites is 3. The standard InChI is InChI=1S/C21H26N2O3.C21H24N2O3.C21H25NO3.C21H23NO3.C20H22N2O3/c2*1-14-21(3-2-8-22-14)26-19-9-16-11-23(12-17(16)10-19)13-20(25)15-4-6-18(24)7-5-15;2*23-18-8-6-15(7-9-18)21(24)14-22-12-16-10-20(11-17(16)13-22)25-19-4-2-1-3-5-19;23-16-6-7-19(21-10-16)20(24)13-22-11-14-8-18(9-15(14)12-22)25-17-4-2-1-3-5-17/h2-8,16-17,19-20,24-25H,9-13H2,1H3;2-8,16-17,19,24H,9-13H2,1H3;1-9,16-17,20-21,23-24H,10-14H2;1-9,16-17,20,23H,10-14H2;1-7,10,14-15,18,23H,8-9,11-13H2/t16-,17+,19?,20?;16-,17+,19?;16-,17+,20?,21?;16-,17+,20?;14-,15+,18?. The zero-order chi connectivity index (χ0) is 87.9. The maximum Gasteiger partial charge on any atom is 0.195 e. The number of aromatic nitrogens is 3. The van der Waals surface area contributed by atoms with E-state index in [0.717, 1.165) is 181 Å². The van der Waals surface area contributed by atoms with Crippen LogP contribution >= 0.6 is 0 Å². The summed E-state index contributed by atoms with van der Waals surface area (Å²) < 4.78 is 30.7. The van der Waals surface area contributed by atoms with E-state index in [0.29, 0.717) is 121 Å². The van der Waals surface area contributed by atoms with Gasteiger partial charge in [-0.2, -0.15) is 0 Å². The van der Waals surface area contributed by atoms with Crippen LogP contribution in [0.4, 0.5) is 0 Å². The van der Waals surface area contributed by atoms with E-state index in [1.54, 1.807) is 116 Å². The van der Waals surface area contributed by atoms with Crippen LogP contribution in [0.5, 0.6) is 57.5 Å². The quantitative estimate of drug-likeness (QED) is 0.0262. The van der Waals surface area contributed by atoms with Crippen molar-refractivity contribution < 1.29 is 73.8 Å². The Hall–Kier alpha value is -11.3. The van der Waals surface area contributed by atoms with E-state index in [1.165, 1.54) is 12.3 Å². The predicted octanol–water partition coefficient (Wildman–Crippen LogP) is 15.3. The first kappa shape index (κ1) is 89.1. The number of carbonyl (C=O) groups is 3. The van der Waals surface area contributed by atoms with Crippen molar-refractivity contribution in [3.05, 3.63) is 282 Å². The highest BCUT2D eigenvalue weighted by atomic mass is 16.5. The molecule has 5 aliphatic heterocycles. The molecule has 20 rings (SSSR count). The lowest BCUT2D eigenvalue weighted by Crippen LogP contribution is -2.30. The number of phenols is 4. The van der Waals surface area contributed by atoms with Gasteiger partial charge in [0.05, 0.1) is 79.9 Å². The van der Waals surface area contributed by atoms with Crippen LogP contribution in [-0.2, 0) is 0 Å². The number of ether oxygens (including phenoxy) is 5. The van der Waals surface area contributed by atoms with Crippen molar-refractivity contribution in [2.24, 2.45) is 59.2 Å². The third kappa shape index (κ3) is 24.3. The van der Waals surface area contributed by atoms with Gasteiger partial charge in [-0.05, 0) is 294 Å². The molecule has 5 aliphatic carbocycles. The van der Waals surface area contributed by atoms with Gasteiger partial charge < -0.3 is 59.4 Å². The molecule has 23 nitrogen and oxygen atoms in total. The number of rotatable bonds is 25. The predicted molar refractivity (Wildman–Crippen MR) is 484 cm³/mol. The van der Waals surface area contributed by atoms with Crippen molar-refractivity contribution in [2.75, 3.05) is 98.2 Å². The molecule has 0 spiro atoms. The SMILES string of the molecule is Cc1ncccc1OC1C[C@@H]2CN(CC(=O)c3ccc(O)cc3)C[C@@H]2C1.Cc1ncccc1OC1C[C@@H]2CN(CC(O)c3ccc(O)cc3)C[C@@H]2C1.O=C(CN1C[C@H]2CC(Oc3ccccc3)C[C@H]2C1)c1ccc(O)cc1.O=C(CN1C[C@H]2CC(Oc3ccccc3)C[C@H]2C1)c1ccc(O)cn1.Oc1ccc(C(O)CN2C[C@H]3CC(Oc4ccccc4)C[C@H]3C2)cc1. The molecule has 0 amide bonds. The number of pyridine rings is 3. The minimum atomic E-state index is -0.514. The number of aryl methyl sites for hydroxylation is 2. The number of nitrogens with zero attached hydrogens (tertiary/aromatic N) is 8. The highest BCUT2D eigenvalue weighted by molar-refractivity contribution is 5.98. The molecular weight excluding hydrogens is 1600 g/mol. The summed E-state index contributed by atoms with van der Waals surface area (Å²) in [5, 5.41) is 67.6. The number of likely N-dealkylation sites (tertiary alicyclic amines) is 5. The van der Waals surface area contributed by atoms with Crippen LogP contribution in [-0.4, -0.2) is 221 Å². The number of hydrogen-bond acceptors (Lipinski definition) is 23. The molecule has 127 heavy (non-hydrogen) atoms. The van der Waals surface area contributed by atoms with Crippen LogP contribution in [0.25, 0.3) is 0 Å². The Morgan fingerprint density at radius 3 is 0.858 bits per heavy atom. The molecule has 10 aromatic rings. The number of aliphatic hydroxyl groups is 2. The maximum absolute atomic E-state index is 12.4. The number of phenolic OH excluding ortho intramolecular Hbond substituents is 4. The summed E-state index contributed by atoms with van der Waals surface area (Å²) in [6.45, 7) is 16.4. The van der Waals surface area contributed by atoms with Gasteiger partial charge >= 0.3 is 0 Å². The first-order valence-electron chi connectivity index (χ1n) is 45.4. The fraction of sp³-hybridized carbons (Fsp3) is 0.423. The van der Waals surface area contributed by atoms with Gasteiger partial charge in [0.1, 0.15) is 63.2 Å². The molecule has 10 aliphatic rings.